The normalized spacial score (nSPS) is 21.3. The molecule has 1 saturated heterocycles. The zero-order valence-electron chi connectivity index (χ0n) is 14.1. The molecule has 128 valence electrons. The van der Waals surface area contributed by atoms with Gasteiger partial charge in [-0.2, -0.15) is 5.10 Å². The fraction of sp³-hybridized carbons (Fsp3) is 0.471. The van der Waals surface area contributed by atoms with Gasteiger partial charge in [0.25, 0.3) is 0 Å². The fourth-order valence-electron chi connectivity index (χ4n) is 3.08. The molecule has 1 aliphatic heterocycles. The van der Waals surface area contributed by atoms with Gasteiger partial charge in [0, 0.05) is 30.1 Å². The van der Waals surface area contributed by atoms with Gasteiger partial charge in [-0.3, -0.25) is 14.7 Å². The average molecular weight is 346 g/mol. The molecule has 0 saturated carbocycles. The van der Waals surface area contributed by atoms with Gasteiger partial charge in [-0.05, 0) is 23.8 Å². The number of nitrogens with zero attached hydrogens (tertiary/aromatic N) is 2. The van der Waals surface area contributed by atoms with Crippen molar-refractivity contribution in [1.82, 2.24) is 15.1 Å². The van der Waals surface area contributed by atoms with Crippen LogP contribution >= 0.6 is 11.3 Å². The number of rotatable bonds is 4. The molecule has 3 rings (SSSR count). The van der Waals surface area contributed by atoms with Gasteiger partial charge in [-0.25, -0.2) is 0 Å². The molecule has 2 atom stereocenters. The van der Waals surface area contributed by atoms with E-state index >= 15 is 0 Å². The minimum Gasteiger partial charge on any atom is -0.337 e. The molecule has 24 heavy (non-hydrogen) atoms. The van der Waals surface area contributed by atoms with Crippen molar-refractivity contribution in [2.24, 2.45) is 5.92 Å². The Hall–Kier alpha value is -2.15. The molecule has 7 heteroatoms. The third-order valence-corrected chi connectivity index (χ3v) is 5.45. The number of piperidine rings is 1. The summed E-state index contributed by atoms with van der Waals surface area (Å²) in [4.78, 5) is 27.6. The van der Waals surface area contributed by atoms with Crippen molar-refractivity contribution >= 4 is 29.0 Å². The lowest BCUT2D eigenvalue weighted by molar-refractivity contribution is -0.140. The molecule has 0 unspecified atom stereocenters. The monoisotopic (exact) mass is 346 g/mol. The number of hydrogen-bond donors (Lipinski definition) is 2. The molecule has 0 aromatic carbocycles. The van der Waals surface area contributed by atoms with Crippen molar-refractivity contribution in [3.8, 4) is 0 Å². The number of thiophene rings is 1. The Morgan fingerprint density at radius 2 is 2.29 bits per heavy atom. The highest BCUT2D eigenvalue weighted by Gasteiger charge is 2.39. The van der Waals surface area contributed by atoms with Gasteiger partial charge < -0.3 is 10.2 Å². The number of likely N-dealkylation sites (tertiary alicyclic amines) is 1. The predicted molar refractivity (Wildman–Crippen MR) is 93.9 cm³/mol. The zero-order chi connectivity index (χ0) is 17.3. The molecular formula is C17H22N4O2S. The molecule has 0 spiro atoms. The van der Waals surface area contributed by atoms with E-state index in [1.165, 1.54) is 0 Å². The van der Waals surface area contributed by atoms with Crippen molar-refractivity contribution < 1.29 is 9.59 Å². The van der Waals surface area contributed by atoms with Crippen LogP contribution in [0, 0.1) is 5.92 Å². The minimum atomic E-state index is -0.273. The van der Waals surface area contributed by atoms with Crippen LogP contribution in [-0.2, 0) is 9.59 Å². The van der Waals surface area contributed by atoms with Crippen LogP contribution in [-0.4, -0.2) is 34.0 Å². The van der Waals surface area contributed by atoms with E-state index in [-0.39, 0.29) is 23.8 Å². The summed E-state index contributed by atoms with van der Waals surface area (Å²) in [5, 5.41) is 12.0. The number of carbonyl (C=O) groups is 2. The van der Waals surface area contributed by atoms with E-state index in [1.807, 2.05) is 23.6 Å². The van der Waals surface area contributed by atoms with Gasteiger partial charge in [-0.15, -0.1) is 11.3 Å². The lowest BCUT2D eigenvalue weighted by Gasteiger charge is -2.37. The number of aromatic nitrogens is 2. The Morgan fingerprint density at radius 1 is 1.50 bits per heavy atom. The van der Waals surface area contributed by atoms with Gasteiger partial charge in [-0.1, -0.05) is 19.9 Å². The van der Waals surface area contributed by atoms with E-state index in [4.69, 9.17) is 0 Å². The maximum Gasteiger partial charge on any atom is 0.231 e. The van der Waals surface area contributed by atoms with E-state index in [2.05, 4.69) is 29.4 Å². The predicted octanol–water partition coefficient (Wildman–Crippen LogP) is 3.14. The quantitative estimate of drug-likeness (QED) is 0.893. The number of amides is 2. The van der Waals surface area contributed by atoms with Gasteiger partial charge >= 0.3 is 0 Å². The number of carbonyl (C=O) groups excluding carboxylic acids is 2. The zero-order valence-corrected chi connectivity index (χ0v) is 14.9. The Kier molecular flexibility index (Phi) is 4.71. The van der Waals surface area contributed by atoms with Crippen molar-refractivity contribution in [1.29, 1.82) is 0 Å². The highest BCUT2D eigenvalue weighted by molar-refractivity contribution is 7.10. The van der Waals surface area contributed by atoms with Gasteiger partial charge in [0.1, 0.15) is 0 Å². The van der Waals surface area contributed by atoms with Crippen molar-refractivity contribution in [2.75, 3.05) is 12.4 Å². The second-order valence-corrected chi connectivity index (χ2v) is 7.44. The number of nitrogens with one attached hydrogen (secondary N) is 2. The van der Waals surface area contributed by atoms with Crippen molar-refractivity contribution in [2.45, 2.75) is 38.6 Å². The first-order valence-electron chi connectivity index (χ1n) is 8.12. The van der Waals surface area contributed by atoms with E-state index < -0.39 is 0 Å². The molecule has 0 bridgehead atoms. The first-order valence-corrected chi connectivity index (χ1v) is 9.00. The van der Waals surface area contributed by atoms with Crippen molar-refractivity contribution in [3.05, 3.63) is 34.2 Å². The van der Waals surface area contributed by atoms with Crippen LogP contribution < -0.4 is 5.32 Å². The summed E-state index contributed by atoms with van der Waals surface area (Å²) in [5.41, 5.74) is 0.982. The highest BCUT2D eigenvalue weighted by atomic mass is 32.1. The smallest absolute Gasteiger partial charge is 0.231 e. The minimum absolute atomic E-state index is 0.0827. The van der Waals surface area contributed by atoms with Crippen LogP contribution in [0.1, 0.15) is 49.2 Å². The summed E-state index contributed by atoms with van der Waals surface area (Å²) in [5.74, 6) is 0.577. The van der Waals surface area contributed by atoms with Gasteiger partial charge in [0.15, 0.2) is 5.82 Å². The summed E-state index contributed by atoms with van der Waals surface area (Å²) in [6, 6.07) is 5.58. The SMILES string of the molecule is CC(C)c1cc(NC(=O)[C@@H]2CCC(=O)N(C)[C@@H]2c2cccs2)n[nH]1. The number of anilines is 1. The summed E-state index contributed by atoms with van der Waals surface area (Å²) in [7, 11) is 1.78. The summed E-state index contributed by atoms with van der Waals surface area (Å²) >= 11 is 1.58. The molecule has 1 aliphatic rings. The number of hydrogen-bond acceptors (Lipinski definition) is 4. The number of aromatic amines is 1. The van der Waals surface area contributed by atoms with E-state index in [0.717, 1.165) is 10.6 Å². The molecule has 2 aromatic heterocycles. The van der Waals surface area contributed by atoms with Crippen LogP contribution in [0.3, 0.4) is 0 Å². The van der Waals surface area contributed by atoms with Crippen LogP contribution in [0.15, 0.2) is 23.6 Å². The van der Waals surface area contributed by atoms with Gasteiger partial charge in [0.05, 0.1) is 12.0 Å². The molecule has 2 amide bonds. The Bertz CT molecular complexity index is 723. The molecule has 1 fully saturated rings. The third kappa shape index (κ3) is 3.21. The topological polar surface area (TPSA) is 78.1 Å². The second kappa shape index (κ2) is 6.76. The van der Waals surface area contributed by atoms with Crippen LogP contribution in [0.2, 0.25) is 0 Å². The molecule has 0 aliphatic carbocycles. The fourth-order valence-corrected chi connectivity index (χ4v) is 4.01. The standard InChI is InChI=1S/C17H22N4O2S/c1-10(2)12-9-14(20-19-12)18-17(23)11-6-7-15(22)21(3)16(11)13-5-4-8-24-13/h4-5,8-11,16H,6-7H2,1-3H3,(H2,18,19,20,23)/t11-,16+/m1/s1. The first-order chi connectivity index (χ1) is 11.5. The second-order valence-electron chi connectivity index (χ2n) is 6.46. The maximum absolute atomic E-state index is 12.8. The maximum atomic E-state index is 12.8. The summed E-state index contributed by atoms with van der Waals surface area (Å²) in [6.45, 7) is 4.13. The average Bonchev–Trinajstić information content (AvgIpc) is 3.21. The van der Waals surface area contributed by atoms with Crippen LogP contribution in [0.4, 0.5) is 5.82 Å². The Balaban J connectivity index is 1.79. The van der Waals surface area contributed by atoms with Crippen LogP contribution in [0.25, 0.3) is 0 Å². The van der Waals surface area contributed by atoms with E-state index in [1.54, 1.807) is 23.3 Å². The lowest BCUT2D eigenvalue weighted by atomic mass is 9.87. The Labute approximate surface area is 145 Å². The number of H-pyrrole nitrogens is 1. The third-order valence-electron chi connectivity index (χ3n) is 4.50. The largest absolute Gasteiger partial charge is 0.337 e. The molecule has 2 N–H and O–H groups in total. The highest BCUT2D eigenvalue weighted by Crippen LogP contribution is 2.38. The van der Waals surface area contributed by atoms with Crippen LogP contribution in [0.5, 0.6) is 0 Å². The molecular weight excluding hydrogens is 324 g/mol. The van der Waals surface area contributed by atoms with E-state index in [9.17, 15) is 9.59 Å². The molecule has 0 radical (unpaired) electrons. The molecule has 6 nitrogen and oxygen atoms in total. The summed E-state index contributed by atoms with van der Waals surface area (Å²) in [6.07, 6.45) is 0.952. The molecule has 3 heterocycles. The molecule has 2 aromatic rings. The Morgan fingerprint density at radius 3 is 2.92 bits per heavy atom. The summed E-state index contributed by atoms with van der Waals surface area (Å²) < 4.78 is 0. The van der Waals surface area contributed by atoms with E-state index in [0.29, 0.717) is 24.6 Å². The lowest BCUT2D eigenvalue weighted by Crippen LogP contribution is -2.44. The first kappa shape index (κ1) is 16.7. The van der Waals surface area contributed by atoms with Crippen molar-refractivity contribution in [3.63, 3.8) is 0 Å². The van der Waals surface area contributed by atoms with Gasteiger partial charge in [0.2, 0.25) is 11.8 Å².